The van der Waals surface area contributed by atoms with Crippen LogP contribution in [0.5, 0.6) is 0 Å². The summed E-state index contributed by atoms with van der Waals surface area (Å²) >= 11 is 0. The summed E-state index contributed by atoms with van der Waals surface area (Å²) in [7, 11) is 0. The maximum Gasteiger partial charge on any atom is 0.422 e. The molecule has 0 aromatic carbocycles. The molecule has 0 saturated heterocycles. The highest BCUT2D eigenvalue weighted by molar-refractivity contribution is 5.86. The Kier molecular flexibility index (Phi) is 7.49. The number of carboxylic acids is 1. The summed E-state index contributed by atoms with van der Waals surface area (Å²) in [5, 5.41) is 15.5. The molecule has 0 saturated carbocycles. The van der Waals surface area contributed by atoms with Crippen LogP contribution in [0.4, 0.5) is 13.2 Å². The van der Waals surface area contributed by atoms with Crippen LogP contribution in [0.1, 0.15) is 6.92 Å². The van der Waals surface area contributed by atoms with Gasteiger partial charge in [-0.05, 0) is 13.5 Å². The molecule has 98 valence electrons. The summed E-state index contributed by atoms with van der Waals surface area (Å²) < 4.78 is 37.9. The number of esters is 1. The highest BCUT2D eigenvalue weighted by Crippen LogP contribution is 2.14. The van der Waals surface area contributed by atoms with Crippen molar-refractivity contribution in [3.63, 3.8) is 0 Å². The van der Waals surface area contributed by atoms with Crippen molar-refractivity contribution in [3.05, 3.63) is 24.5 Å². The molecule has 0 aliphatic rings. The Morgan fingerprint density at radius 1 is 1.24 bits per heavy atom. The van der Waals surface area contributed by atoms with E-state index in [0.29, 0.717) is 0 Å². The first kappa shape index (κ1) is 17.4. The van der Waals surface area contributed by atoms with Crippen molar-refractivity contribution in [1.82, 2.24) is 0 Å². The first-order valence-corrected chi connectivity index (χ1v) is 3.98. The molecular weight excluding hydrogens is 245 g/mol. The molecule has 17 heavy (non-hydrogen) atoms. The van der Waals surface area contributed by atoms with Crippen LogP contribution in [0, 0.1) is 0 Å². The number of carbonyl (C=O) groups is 2. The fourth-order valence-corrected chi connectivity index (χ4v) is 0.271. The van der Waals surface area contributed by atoms with Gasteiger partial charge in [0, 0.05) is 5.57 Å². The zero-order chi connectivity index (χ0) is 14.2. The van der Waals surface area contributed by atoms with Gasteiger partial charge in [-0.15, -0.1) is 0 Å². The van der Waals surface area contributed by atoms with Crippen molar-refractivity contribution in [2.24, 2.45) is 0 Å². The molecule has 0 radical (unpaired) electrons. The van der Waals surface area contributed by atoms with E-state index in [1.165, 1.54) is 6.92 Å². The van der Waals surface area contributed by atoms with E-state index in [1.807, 2.05) is 0 Å². The monoisotopic (exact) mass is 256 g/mol. The summed E-state index contributed by atoms with van der Waals surface area (Å²) in [4.78, 5) is 19.7. The number of aliphatic hydroxyl groups is 1. The van der Waals surface area contributed by atoms with Gasteiger partial charge in [0.2, 0.25) is 0 Å². The Labute approximate surface area is 94.8 Å². The van der Waals surface area contributed by atoms with E-state index < -0.39 is 30.5 Å². The molecule has 8 heteroatoms. The van der Waals surface area contributed by atoms with Crippen LogP contribution in [-0.4, -0.2) is 34.9 Å². The number of alkyl halides is 3. The molecule has 0 aromatic rings. The van der Waals surface area contributed by atoms with Crippen molar-refractivity contribution in [3.8, 4) is 0 Å². The summed E-state index contributed by atoms with van der Waals surface area (Å²) in [5.41, 5.74) is -0.0470. The van der Waals surface area contributed by atoms with Gasteiger partial charge < -0.3 is 14.9 Å². The predicted molar refractivity (Wildman–Crippen MR) is 51.2 cm³/mol. The Balaban J connectivity index is 0. The molecule has 0 atom stereocenters. The van der Waals surface area contributed by atoms with Crippen LogP contribution in [0.2, 0.25) is 0 Å². The SMILES string of the molecule is C=C(C)C(=O)OCC(F)(F)F.C=C(O)C(=O)O. The van der Waals surface area contributed by atoms with Crippen molar-refractivity contribution in [2.75, 3.05) is 6.61 Å². The number of rotatable bonds is 3. The van der Waals surface area contributed by atoms with Crippen LogP contribution in [-0.2, 0) is 14.3 Å². The molecule has 0 fully saturated rings. The van der Waals surface area contributed by atoms with Gasteiger partial charge >= 0.3 is 18.1 Å². The molecule has 0 aliphatic heterocycles. The average Bonchev–Trinajstić information content (AvgIpc) is 2.13. The molecule has 0 unspecified atom stereocenters. The molecule has 0 bridgehead atoms. The Morgan fingerprint density at radius 3 is 1.76 bits per heavy atom. The fraction of sp³-hybridized carbons (Fsp3) is 0.333. The molecule has 0 amide bonds. The normalized spacial score (nSPS) is 9.65. The van der Waals surface area contributed by atoms with Gasteiger partial charge in [0.25, 0.3) is 0 Å². The summed E-state index contributed by atoms with van der Waals surface area (Å²) in [6.45, 7) is 5.54. The van der Waals surface area contributed by atoms with Crippen molar-refractivity contribution < 1.29 is 37.7 Å². The zero-order valence-corrected chi connectivity index (χ0v) is 8.87. The van der Waals surface area contributed by atoms with Crippen LogP contribution in [0.15, 0.2) is 24.5 Å². The van der Waals surface area contributed by atoms with E-state index in [1.54, 1.807) is 0 Å². The van der Waals surface area contributed by atoms with Crippen LogP contribution >= 0.6 is 0 Å². The Morgan fingerprint density at radius 2 is 1.59 bits per heavy atom. The van der Waals surface area contributed by atoms with Gasteiger partial charge in [-0.3, -0.25) is 0 Å². The number of carbonyl (C=O) groups excluding carboxylic acids is 1. The molecule has 0 heterocycles. The first-order valence-electron chi connectivity index (χ1n) is 3.98. The van der Waals surface area contributed by atoms with Crippen LogP contribution < -0.4 is 0 Å². The molecule has 0 rings (SSSR count). The maximum atomic E-state index is 11.4. The lowest BCUT2D eigenvalue weighted by molar-refractivity contribution is -0.183. The first-order chi connectivity index (χ1) is 7.47. The van der Waals surface area contributed by atoms with Crippen LogP contribution in [0.3, 0.4) is 0 Å². The molecule has 0 spiro atoms. The summed E-state index contributed by atoms with van der Waals surface area (Å²) in [6.07, 6.45) is -4.47. The van der Waals surface area contributed by atoms with Gasteiger partial charge in [0.1, 0.15) is 0 Å². The minimum atomic E-state index is -4.47. The Hall–Kier alpha value is -1.99. The second-order valence-corrected chi connectivity index (χ2v) is 2.72. The number of ether oxygens (including phenoxy) is 1. The van der Waals surface area contributed by atoms with E-state index in [0.717, 1.165) is 0 Å². The van der Waals surface area contributed by atoms with Crippen molar-refractivity contribution >= 4 is 11.9 Å². The third-order valence-corrected chi connectivity index (χ3v) is 0.962. The highest BCUT2D eigenvalue weighted by atomic mass is 19.4. The molecule has 5 nitrogen and oxygen atoms in total. The number of halogens is 3. The maximum absolute atomic E-state index is 11.4. The van der Waals surface area contributed by atoms with E-state index >= 15 is 0 Å². The zero-order valence-electron chi connectivity index (χ0n) is 8.87. The van der Waals surface area contributed by atoms with Gasteiger partial charge in [-0.2, -0.15) is 13.2 Å². The topological polar surface area (TPSA) is 83.8 Å². The van der Waals surface area contributed by atoms with E-state index in [-0.39, 0.29) is 5.57 Å². The number of hydrogen-bond donors (Lipinski definition) is 2. The summed E-state index contributed by atoms with van der Waals surface area (Å²) in [6, 6.07) is 0. The van der Waals surface area contributed by atoms with Crippen molar-refractivity contribution in [2.45, 2.75) is 13.1 Å². The van der Waals surface area contributed by atoms with Gasteiger partial charge in [0.05, 0.1) is 0 Å². The molecule has 0 aromatic heterocycles. The van der Waals surface area contributed by atoms with Gasteiger partial charge in [0.15, 0.2) is 12.4 Å². The van der Waals surface area contributed by atoms with Gasteiger partial charge in [-0.1, -0.05) is 6.58 Å². The van der Waals surface area contributed by atoms with E-state index in [2.05, 4.69) is 17.9 Å². The molecular formula is C9H11F3O5. The quantitative estimate of drug-likeness (QED) is 0.457. The average molecular weight is 256 g/mol. The minimum Gasteiger partial charge on any atom is -0.502 e. The fourth-order valence-electron chi connectivity index (χ4n) is 0.271. The third-order valence-electron chi connectivity index (χ3n) is 0.962. The lowest BCUT2D eigenvalue weighted by Crippen LogP contribution is -2.20. The second-order valence-electron chi connectivity index (χ2n) is 2.72. The Bertz CT molecular complexity index is 307. The standard InChI is InChI=1S/C6H7F3O2.C3H4O3/c1-4(2)5(10)11-3-6(7,8)9;1-2(4)3(5)6/h1,3H2,2H3;4H,1H2,(H,5,6). The van der Waals surface area contributed by atoms with E-state index in [4.69, 9.17) is 10.2 Å². The number of aliphatic hydroxyl groups excluding tert-OH is 1. The number of carboxylic acid groups (broad SMARTS) is 1. The van der Waals surface area contributed by atoms with E-state index in [9.17, 15) is 22.8 Å². The number of hydrogen-bond acceptors (Lipinski definition) is 4. The smallest absolute Gasteiger partial charge is 0.422 e. The minimum absolute atomic E-state index is 0.0470. The summed E-state index contributed by atoms with van der Waals surface area (Å²) in [5.74, 6) is -3.23. The third kappa shape index (κ3) is 14.0. The number of aliphatic carboxylic acids is 1. The van der Waals surface area contributed by atoms with Crippen LogP contribution in [0.25, 0.3) is 0 Å². The highest BCUT2D eigenvalue weighted by Gasteiger charge is 2.29. The largest absolute Gasteiger partial charge is 0.502 e. The molecule has 0 aliphatic carbocycles. The molecule has 2 N–H and O–H groups in total. The lowest BCUT2D eigenvalue weighted by atomic mass is 10.4. The van der Waals surface area contributed by atoms with Gasteiger partial charge in [-0.25, -0.2) is 9.59 Å². The lowest BCUT2D eigenvalue weighted by Gasteiger charge is -2.06. The second kappa shape index (κ2) is 7.31. The van der Waals surface area contributed by atoms with Crippen molar-refractivity contribution in [1.29, 1.82) is 0 Å². The predicted octanol–water partition coefficient (Wildman–Crippen LogP) is 1.81.